The second-order valence-corrected chi connectivity index (χ2v) is 4.51. The van der Waals surface area contributed by atoms with Crippen LogP contribution in [0.4, 0.5) is 10.5 Å². The van der Waals surface area contributed by atoms with Crippen molar-refractivity contribution >= 4 is 17.7 Å². The molecule has 23 heavy (non-hydrogen) atoms. The van der Waals surface area contributed by atoms with Crippen molar-refractivity contribution in [3.63, 3.8) is 0 Å². The average molecular weight is 314 g/mol. The van der Waals surface area contributed by atoms with Crippen LogP contribution in [0.3, 0.4) is 0 Å². The molecule has 0 saturated heterocycles. The van der Waals surface area contributed by atoms with Crippen LogP contribution in [0, 0.1) is 0 Å². The average Bonchev–Trinajstić information content (AvgIpc) is 2.60. The lowest BCUT2D eigenvalue weighted by molar-refractivity contribution is 0.0933. The van der Waals surface area contributed by atoms with Crippen LogP contribution in [0.1, 0.15) is 17.3 Å². The highest BCUT2D eigenvalue weighted by atomic mass is 16.6. The Morgan fingerprint density at radius 3 is 2.35 bits per heavy atom. The number of para-hydroxylation sites is 2. The van der Waals surface area contributed by atoms with Crippen LogP contribution >= 0.6 is 0 Å². The summed E-state index contributed by atoms with van der Waals surface area (Å²) in [5.41, 5.74) is 3.36. The number of amides is 2. The van der Waals surface area contributed by atoms with E-state index in [4.69, 9.17) is 9.47 Å². The number of hydrazine groups is 1. The molecule has 0 heterocycles. The van der Waals surface area contributed by atoms with Crippen molar-refractivity contribution < 1.29 is 19.1 Å². The highest BCUT2D eigenvalue weighted by molar-refractivity contribution is 6.01. The van der Waals surface area contributed by atoms with Gasteiger partial charge in [-0.05, 0) is 31.2 Å². The summed E-state index contributed by atoms with van der Waals surface area (Å²) in [5.74, 6) is -0.0544. The van der Waals surface area contributed by atoms with Gasteiger partial charge in [0.25, 0.3) is 5.91 Å². The van der Waals surface area contributed by atoms with Crippen LogP contribution < -0.4 is 15.2 Å². The minimum absolute atomic E-state index is 0.201. The fourth-order valence-corrected chi connectivity index (χ4v) is 1.97. The Kier molecular flexibility index (Phi) is 5.57. The zero-order valence-corrected chi connectivity index (χ0v) is 13.0. The maximum atomic E-state index is 12.5. The Hall–Kier alpha value is -3.02. The third-order valence-corrected chi connectivity index (χ3v) is 3.03. The van der Waals surface area contributed by atoms with Gasteiger partial charge in [0.1, 0.15) is 5.75 Å². The van der Waals surface area contributed by atoms with Crippen LogP contribution in [0.2, 0.25) is 0 Å². The normalized spacial score (nSPS) is 9.83. The largest absolute Gasteiger partial charge is 0.496 e. The SMILES string of the molecule is CCOC(=O)N(NC(=O)c1ccccc1OC)c1ccccc1. The predicted octanol–water partition coefficient (Wildman–Crippen LogP) is 3.00. The molecule has 0 atom stereocenters. The van der Waals surface area contributed by atoms with E-state index in [0.717, 1.165) is 5.01 Å². The first-order chi connectivity index (χ1) is 11.2. The number of hydrogen-bond acceptors (Lipinski definition) is 4. The number of rotatable bonds is 4. The Bertz CT molecular complexity index is 673. The van der Waals surface area contributed by atoms with Crippen molar-refractivity contribution in [3.8, 4) is 5.75 Å². The van der Waals surface area contributed by atoms with Gasteiger partial charge in [-0.25, -0.2) is 4.79 Å². The first-order valence-electron chi connectivity index (χ1n) is 7.13. The second kappa shape index (κ2) is 7.84. The highest BCUT2D eigenvalue weighted by Gasteiger charge is 2.21. The standard InChI is InChI=1S/C17H18N2O4/c1-3-23-17(21)19(13-9-5-4-6-10-13)18-16(20)14-11-7-8-12-15(14)22-2/h4-12H,3H2,1-2H3,(H,18,20). The van der Waals surface area contributed by atoms with Gasteiger partial charge in [-0.2, -0.15) is 5.01 Å². The summed E-state index contributed by atoms with van der Waals surface area (Å²) in [7, 11) is 1.48. The monoisotopic (exact) mass is 314 g/mol. The molecule has 0 aromatic heterocycles. The summed E-state index contributed by atoms with van der Waals surface area (Å²) < 4.78 is 10.2. The van der Waals surface area contributed by atoms with Gasteiger partial charge in [-0.1, -0.05) is 30.3 Å². The van der Waals surface area contributed by atoms with E-state index in [-0.39, 0.29) is 6.61 Å². The van der Waals surface area contributed by atoms with E-state index in [9.17, 15) is 9.59 Å². The second-order valence-electron chi connectivity index (χ2n) is 4.51. The number of carbonyl (C=O) groups is 2. The fourth-order valence-electron chi connectivity index (χ4n) is 1.97. The quantitative estimate of drug-likeness (QED) is 0.881. The Morgan fingerprint density at radius 1 is 1.04 bits per heavy atom. The number of methoxy groups -OCH3 is 1. The zero-order chi connectivity index (χ0) is 16.7. The van der Waals surface area contributed by atoms with Gasteiger partial charge in [0.15, 0.2) is 0 Å². The molecule has 0 aliphatic carbocycles. The first kappa shape index (κ1) is 16.4. The lowest BCUT2D eigenvalue weighted by atomic mass is 10.2. The number of ether oxygens (including phenoxy) is 2. The van der Waals surface area contributed by atoms with Crippen molar-refractivity contribution in [1.29, 1.82) is 0 Å². The Morgan fingerprint density at radius 2 is 1.70 bits per heavy atom. The Labute approximate surface area is 134 Å². The van der Waals surface area contributed by atoms with E-state index < -0.39 is 12.0 Å². The molecule has 6 heteroatoms. The van der Waals surface area contributed by atoms with Crippen molar-refractivity contribution in [3.05, 3.63) is 60.2 Å². The van der Waals surface area contributed by atoms with E-state index >= 15 is 0 Å². The number of nitrogens with one attached hydrogen (secondary N) is 1. The van der Waals surface area contributed by atoms with Gasteiger partial charge in [-0.3, -0.25) is 10.2 Å². The summed E-state index contributed by atoms with van der Waals surface area (Å²) in [6.45, 7) is 1.90. The topological polar surface area (TPSA) is 67.9 Å². The number of carbonyl (C=O) groups excluding carboxylic acids is 2. The maximum absolute atomic E-state index is 12.5. The number of anilines is 1. The molecular formula is C17H18N2O4. The summed E-state index contributed by atoms with van der Waals surface area (Å²) in [5, 5.41) is 1.07. The van der Waals surface area contributed by atoms with Gasteiger partial charge in [0.05, 0.1) is 25.0 Å². The first-order valence-corrected chi connectivity index (χ1v) is 7.13. The summed E-state index contributed by atoms with van der Waals surface area (Å²) >= 11 is 0. The number of hydrogen-bond donors (Lipinski definition) is 1. The van der Waals surface area contributed by atoms with E-state index in [1.54, 1.807) is 55.5 Å². The molecule has 0 saturated carbocycles. The molecule has 0 unspecified atom stereocenters. The minimum atomic E-state index is -0.665. The van der Waals surface area contributed by atoms with Crippen molar-refractivity contribution in [2.24, 2.45) is 0 Å². The molecule has 2 aromatic carbocycles. The molecule has 2 rings (SSSR count). The van der Waals surface area contributed by atoms with Crippen molar-refractivity contribution in [2.45, 2.75) is 6.92 Å². The molecule has 0 fully saturated rings. The summed E-state index contributed by atoms with van der Waals surface area (Å²) in [4.78, 5) is 24.6. The highest BCUT2D eigenvalue weighted by Crippen LogP contribution is 2.18. The van der Waals surface area contributed by atoms with Gasteiger partial charge < -0.3 is 9.47 Å². The van der Waals surface area contributed by atoms with Gasteiger partial charge in [-0.15, -0.1) is 0 Å². The molecule has 0 bridgehead atoms. The molecule has 0 aliphatic heterocycles. The molecule has 120 valence electrons. The van der Waals surface area contributed by atoms with Crippen LogP contribution in [0.15, 0.2) is 54.6 Å². The number of benzene rings is 2. The van der Waals surface area contributed by atoms with E-state index in [1.165, 1.54) is 7.11 Å². The lowest BCUT2D eigenvalue weighted by Crippen LogP contribution is -2.47. The molecule has 0 spiro atoms. The van der Waals surface area contributed by atoms with E-state index in [2.05, 4.69) is 5.43 Å². The van der Waals surface area contributed by atoms with E-state index in [1.807, 2.05) is 6.07 Å². The van der Waals surface area contributed by atoms with Crippen molar-refractivity contribution in [1.82, 2.24) is 5.43 Å². The smallest absolute Gasteiger partial charge is 0.433 e. The van der Waals surface area contributed by atoms with Crippen LogP contribution in [0.5, 0.6) is 5.75 Å². The van der Waals surface area contributed by atoms with Crippen LogP contribution in [-0.2, 0) is 4.74 Å². The summed E-state index contributed by atoms with van der Waals surface area (Å²) in [6.07, 6.45) is -0.665. The molecule has 2 aromatic rings. The lowest BCUT2D eigenvalue weighted by Gasteiger charge is -2.22. The Balaban J connectivity index is 2.27. The molecule has 0 radical (unpaired) electrons. The molecule has 0 aliphatic rings. The van der Waals surface area contributed by atoms with Crippen LogP contribution in [-0.4, -0.2) is 25.7 Å². The molecular weight excluding hydrogens is 296 g/mol. The molecule has 6 nitrogen and oxygen atoms in total. The van der Waals surface area contributed by atoms with Gasteiger partial charge >= 0.3 is 6.09 Å². The fraction of sp³-hybridized carbons (Fsp3) is 0.176. The van der Waals surface area contributed by atoms with Crippen LogP contribution in [0.25, 0.3) is 0 Å². The van der Waals surface area contributed by atoms with E-state index in [0.29, 0.717) is 17.0 Å². The molecule has 1 N–H and O–H groups in total. The predicted molar refractivity (Wildman–Crippen MR) is 86.4 cm³/mol. The van der Waals surface area contributed by atoms with Gasteiger partial charge in [0.2, 0.25) is 0 Å². The summed E-state index contributed by atoms with van der Waals surface area (Å²) in [6, 6.07) is 15.5. The van der Waals surface area contributed by atoms with Gasteiger partial charge in [0, 0.05) is 0 Å². The zero-order valence-electron chi connectivity index (χ0n) is 13.0. The van der Waals surface area contributed by atoms with Crippen molar-refractivity contribution in [2.75, 3.05) is 18.7 Å². The third-order valence-electron chi connectivity index (χ3n) is 3.03. The maximum Gasteiger partial charge on any atom is 0.433 e. The third kappa shape index (κ3) is 4.00. The molecule has 2 amide bonds. The number of nitrogens with zero attached hydrogens (tertiary/aromatic N) is 1. The minimum Gasteiger partial charge on any atom is -0.496 e.